The zero-order valence-electron chi connectivity index (χ0n) is 14.5. The Bertz CT molecular complexity index is 703. The predicted octanol–water partition coefficient (Wildman–Crippen LogP) is 1.19. The molecule has 3 fully saturated rings. The number of aryl methyl sites for hydroxylation is 1. The molecule has 2 atom stereocenters. The number of likely N-dealkylation sites (tertiary alicyclic amines) is 2. The Morgan fingerprint density at radius 1 is 1.24 bits per heavy atom. The van der Waals surface area contributed by atoms with E-state index in [1.54, 1.807) is 11.8 Å². The summed E-state index contributed by atoms with van der Waals surface area (Å²) < 4.78 is 0. The zero-order valence-corrected chi connectivity index (χ0v) is 14.5. The van der Waals surface area contributed by atoms with E-state index in [1.807, 2.05) is 0 Å². The minimum Gasteiger partial charge on any atom is -0.481 e. The molecule has 1 N–H and O–H groups in total. The van der Waals surface area contributed by atoms with E-state index in [0.717, 1.165) is 6.54 Å². The van der Waals surface area contributed by atoms with Crippen LogP contribution in [0.2, 0.25) is 0 Å². The molecule has 0 bridgehead atoms. The molecule has 1 aromatic heterocycles. The van der Waals surface area contributed by atoms with Crippen LogP contribution in [0.15, 0.2) is 12.5 Å². The summed E-state index contributed by atoms with van der Waals surface area (Å²) in [6.07, 6.45) is 7.77. The van der Waals surface area contributed by atoms with Crippen molar-refractivity contribution in [1.82, 2.24) is 19.8 Å². The van der Waals surface area contributed by atoms with Gasteiger partial charge < -0.3 is 10.0 Å². The van der Waals surface area contributed by atoms with E-state index < -0.39 is 11.4 Å². The van der Waals surface area contributed by atoms with Crippen LogP contribution in [0, 0.1) is 18.3 Å². The monoisotopic (exact) mass is 344 g/mol. The lowest BCUT2D eigenvalue weighted by Crippen LogP contribution is -2.43. The maximum atomic E-state index is 12.8. The first kappa shape index (κ1) is 16.4. The molecule has 0 unspecified atom stereocenters. The molecule has 1 aromatic rings. The minimum absolute atomic E-state index is 0.000475. The first-order chi connectivity index (χ1) is 12.0. The van der Waals surface area contributed by atoms with Gasteiger partial charge in [-0.05, 0) is 19.8 Å². The third kappa shape index (κ3) is 2.61. The van der Waals surface area contributed by atoms with E-state index in [9.17, 15) is 14.7 Å². The highest BCUT2D eigenvalue weighted by Gasteiger charge is 2.59. The number of aliphatic carboxylic acids is 1. The summed E-state index contributed by atoms with van der Waals surface area (Å²) in [5.74, 6) is -0.922. The van der Waals surface area contributed by atoms with Crippen LogP contribution in [-0.2, 0) is 4.79 Å². The highest BCUT2D eigenvalue weighted by atomic mass is 16.4. The first-order valence-electron chi connectivity index (χ1n) is 9.04. The number of rotatable bonds is 3. The van der Waals surface area contributed by atoms with Crippen LogP contribution < -0.4 is 0 Å². The Labute approximate surface area is 147 Å². The van der Waals surface area contributed by atoms with Gasteiger partial charge in [-0.3, -0.25) is 14.5 Å². The third-order valence-corrected chi connectivity index (χ3v) is 6.33. The SMILES string of the molecule is Cc1ncncc1C(=O)N1C[C@@H]2CN(C3CCCC3)C[C@]2(C(=O)O)C1. The smallest absolute Gasteiger partial charge is 0.313 e. The summed E-state index contributed by atoms with van der Waals surface area (Å²) in [5.41, 5.74) is 0.270. The van der Waals surface area contributed by atoms with Crippen molar-refractivity contribution in [2.75, 3.05) is 26.2 Å². The number of carbonyl (C=O) groups is 2. The van der Waals surface area contributed by atoms with Crippen LogP contribution in [0.1, 0.15) is 41.7 Å². The summed E-state index contributed by atoms with van der Waals surface area (Å²) in [7, 11) is 0. The molecule has 134 valence electrons. The molecule has 7 nitrogen and oxygen atoms in total. The van der Waals surface area contributed by atoms with Crippen molar-refractivity contribution in [1.29, 1.82) is 0 Å². The van der Waals surface area contributed by atoms with Gasteiger partial charge in [-0.15, -0.1) is 0 Å². The number of aromatic nitrogens is 2. The van der Waals surface area contributed by atoms with Gasteiger partial charge in [-0.25, -0.2) is 9.97 Å². The molecule has 2 saturated heterocycles. The first-order valence-corrected chi connectivity index (χ1v) is 9.04. The van der Waals surface area contributed by atoms with Gasteiger partial charge in [-0.2, -0.15) is 0 Å². The fourth-order valence-electron chi connectivity index (χ4n) is 4.88. The molecular formula is C18H24N4O3. The molecule has 0 spiro atoms. The molecule has 2 aliphatic heterocycles. The summed E-state index contributed by atoms with van der Waals surface area (Å²) in [6, 6.07) is 0.524. The number of fused-ring (bicyclic) bond motifs is 1. The van der Waals surface area contributed by atoms with Crippen molar-refractivity contribution >= 4 is 11.9 Å². The lowest BCUT2D eigenvalue weighted by atomic mass is 9.81. The number of carboxylic acids is 1. The number of hydrogen-bond acceptors (Lipinski definition) is 5. The summed E-state index contributed by atoms with van der Waals surface area (Å²) in [6.45, 7) is 3.91. The normalized spacial score (nSPS) is 30.0. The summed E-state index contributed by atoms with van der Waals surface area (Å²) in [5, 5.41) is 9.97. The molecule has 4 rings (SSSR count). The maximum Gasteiger partial charge on any atom is 0.313 e. The van der Waals surface area contributed by atoms with Crippen LogP contribution in [0.5, 0.6) is 0 Å². The van der Waals surface area contributed by atoms with E-state index >= 15 is 0 Å². The van der Waals surface area contributed by atoms with E-state index in [2.05, 4.69) is 14.9 Å². The maximum absolute atomic E-state index is 12.8. The third-order valence-electron chi connectivity index (χ3n) is 6.33. The van der Waals surface area contributed by atoms with Crippen LogP contribution in [0.25, 0.3) is 0 Å². The molecule has 0 radical (unpaired) electrons. The van der Waals surface area contributed by atoms with Crippen molar-refractivity contribution < 1.29 is 14.7 Å². The van der Waals surface area contributed by atoms with Gasteiger partial charge in [0.2, 0.25) is 0 Å². The van der Waals surface area contributed by atoms with Crippen LogP contribution in [-0.4, -0.2) is 69.0 Å². The van der Waals surface area contributed by atoms with Gasteiger partial charge in [0, 0.05) is 44.3 Å². The highest BCUT2D eigenvalue weighted by Crippen LogP contribution is 2.45. The molecule has 1 saturated carbocycles. The van der Waals surface area contributed by atoms with Crippen LogP contribution >= 0.6 is 0 Å². The average molecular weight is 344 g/mol. The van der Waals surface area contributed by atoms with E-state index in [4.69, 9.17) is 0 Å². The Hall–Kier alpha value is -2.02. The topological polar surface area (TPSA) is 86.6 Å². The molecule has 3 aliphatic rings. The Balaban J connectivity index is 1.54. The van der Waals surface area contributed by atoms with Crippen molar-refractivity contribution in [3.05, 3.63) is 23.8 Å². The number of nitrogens with zero attached hydrogens (tertiary/aromatic N) is 4. The summed E-state index contributed by atoms with van der Waals surface area (Å²) in [4.78, 5) is 37.1. The molecule has 1 aliphatic carbocycles. The number of carbonyl (C=O) groups excluding carboxylic acids is 1. The quantitative estimate of drug-likeness (QED) is 0.886. The van der Waals surface area contributed by atoms with Gasteiger partial charge in [0.05, 0.1) is 11.3 Å². The molecule has 3 heterocycles. The predicted molar refractivity (Wildman–Crippen MR) is 90.1 cm³/mol. The molecule has 7 heteroatoms. The van der Waals surface area contributed by atoms with Gasteiger partial charge in [0.1, 0.15) is 11.7 Å². The Kier molecular flexibility index (Phi) is 3.98. The Morgan fingerprint density at radius 3 is 2.64 bits per heavy atom. The molecule has 1 amide bonds. The standard InChI is InChI=1S/C18H24N4O3/c1-12-15(6-19-11-20-12)16(23)22-8-13-7-21(14-4-2-3-5-14)9-18(13,10-22)17(24)25/h6,11,13-14H,2-5,7-10H2,1H3,(H,24,25)/t13-,18-/m0/s1. The van der Waals surface area contributed by atoms with Crippen molar-refractivity contribution in [2.24, 2.45) is 11.3 Å². The largest absolute Gasteiger partial charge is 0.481 e. The average Bonchev–Trinajstić information content (AvgIpc) is 3.28. The van der Waals surface area contributed by atoms with Gasteiger partial charge in [0.15, 0.2) is 0 Å². The van der Waals surface area contributed by atoms with Crippen molar-refractivity contribution in [2.45, 2.75) is 38.6 Å². The lowest BCUT2D eigenvalue weighted by Gasteiger charge is -2.28. The second kappa shape index (κ2) is 6.05. The number of hydrogen-bond donors (Lipinski definition) is 1. The second-order valence-corrected chi connectivity index (χ2v) is 7.73. The lowest BCUT2D eigenvalue weighted by molar-refractivity contribution is -0.148. The molecular weight excluding hydrogens is 320 g/mol. The van der Waals surface area contributed by atoms with E-state index in [1.165, 1.54) is 38.2 Å². The van der Waals surface area contributed by atoms with Gasteiger partial charge in [-0.1, -0.05) is 12.8 Å². The van der Waals surface area contributed by atoms with Crippen molar-refractivity contribution in [3.8, 4) is 0 Å². The van der Waals surface area contributed by atoms with E-state index in [0.29, 0.717) is 30.4 Å². The van der Waals surface area contributed by atoms with Crippen LogP contribution in [0.4, 0.5) is 0 Å². The van der Waals surface area contributed by atoms with Gasteiger partial charge in [0.25, 0.3) is 5.91 Å². The number of amides is 1. The van der Waals surface area contributed by atoms with Crippen molar-refractivity contribution in [3.63, 3.8) is 0 Å². The fraction of sp³-hybridized carbons (Fsp3) is 0.667. The second-order valence-electron chi connectivity index (χ2n) is 7.73. The minimum atomic E-state index is -0.832. The fourth-order valence-corrected chi connectivity index (χ4v) is 4.88. The van der Waals surface area contributed by atoms with E-state index in [-0.39, 0.29) is 18.4 Å². The molecule has 0 aromatic carbocycles. The Morgan fingerprint density at radius 2 is 2.00 bits per heavy atom. The molecule has 25 heavy (non-hydrogen) atoms. The highest BCUT2D eigenvalue weighted by molar-refractivity contribution is 5.95. The number of carboxylic acid groups (broad SMARTS) is 1. The zero-order chi connectivity index (χ0) is 17.6. The summed E-state index contributed by atoms with van der Waals surface area (Å²) >= 11 is 0. The van der Waals surface area contributed by atoms with Gasteiger partial charge >= 0.3 is 5.97 Å². The van der Waals surface area contributed by atoms with Crippen LogP contribution in [0.3, 0.4) is 0 Å².